The molecule has 0 radical (unpaired) electrons. The van der Waals surface area contributed by atoms with Gasteiger partial charge in [0.1, 0.15) is 11.9 Å². The Balaban J connectivity index is 1.48. The average Bonchev–Trinajstić information content (AvgIpc) is 3.22. The van der Waals surface area contributed by atoms with Crippen molar-refractivity contribution < 1.29 is 9.90 Å². The van der Waals surface area contributed by atoms with Crippen LogP contribution in [-0.2, 0) is 11.3 Å². The highest BCUT2D eigenvalue weighted by Crippen LogP contribution is 2.24. The second-order valence-electron chi connectivity index (χ2n) is 7.19. The van der Waals surface area contributed by atoms with Crippen LogP contribution in [0.3, 0.4) is 0 Å². The lowest BCUT2D eigenvalue weighted by Crippen LogP contribution is -2.45. The Bertz CT molecular complexity index is 530. The molecule has 2 fully saturated rings. The Labute approximate surface area is 137 Å². The highest BCUT2D eigenvalue weighted by atomic mass is 16.3. The number of imidazole rings is 1. The van der Waals surface area contributed by atoms with Crippen LogP contribution >= 0.6 is 0 Å². The fourth-order valence-corrected chi connectivity index (χ4v) is 3.29. The van der Waals surface area contributed by atoms with Crippen molar-refractivity contribution in [3.63, 3.8) is 0 Å². The highest BCUT2D eigenvalue weighted by Gasteiger charge is 2.33. The molecule has 1 aliphatic carbocycles. The normalized spacial score (nSPS) is 21.6. The molecule has 6 nitrogen and oxygen atoms in total. The first kappa shape index (κ1) is 16.5. The Hall–Kier alpha value is -1.40. The van der Waals surface area contributed by atoms with Crippen molar-refractivity contribution >= 4 is 5.91 Å². The van der Waals surface area contributed by atoms with Crippen LogP contribution in [0.4, 0.5) is 0 Å². The van der Waals surface area contributed by atoms with Crippen molar-refractivity contribution in [2.45, 2.75) is 64.3 Å². The maximum absolute atomic E-state index is 12.0. The zero-order valence-electron chi connectivity index (χ0n) is 14.1. The standard InChI is InChI=1S/C17H28N4O2/c1-12(2)21-10-7-18-15(21)11-20-8-5-13(6-9-20)16(22)17(23)19-14-3-4-14/h7,10,12-14,16,22H,3-6,8-9,11H2,1-2H3,(H,19,23)/t16-/m0/s1. The summed E-state index contributed by atoms with van der Waals surface area (Å²) >= 11 is 0. The van der Waals surface area contributed by atoms with Crippen molar-refractivity contribution in [2.75, 3.05) is 13.1 Å². The molecule has 2 N–H and O–H groups in total. The number of aromatic nitrogens is 2. The predicted molar refractivity (Wildman–Crippen MR) is 87.8 cm³/mol. The number of nitrogens with one attached hydrogen (secondary N) is 1. The average molecular weight is 320 g/mol. The number of rotatable bonds is 6. The number of carbonyl (C=O) groups is 1. The van der Waals surface area contributed by atoms with Crippen molar-refractivity contribution in [2.24, 2.45) is 5.92 Å². The lowest BCUT2D eigenvalue weighted by atomic mass is 9.90. The fraction of sp³-hybridized carbons (Fsp3) is 0.765. The van der Waals surface area contributed by atoms with Crippen LogP contribution in [0.5, 0.6) is 0 Å². The van der Waals surface area contributed by atoms with Gasteiger partial charge in [-0.15, -0.1) is 0 Å². The largest absolute Gasteiger partial charge is 0.383 e. The second kappa shape index (κ2) is 7.01. The van der Waals surface area contributed by atoms with Gasteiger partial charge in [0, 0.05) is 24.5 Å². The molecule has 6 heteroatoms. The maximum Gasteiger partial charge on any atom is 0.249 e. The van der Waals surface area contributed by atoms with Gasteiger partial charge in [0.25, 0.3) is 0 Å². The second-order valence-corrected chi connectivity index (χ2v) is 7.19. The third-order valence-electron chi connectivity index (χ3n) is 4.94. The summed E-state index contributed by atoms with van der Waals surface area (Å²) in [7, 11) is 0. The third kappa shape index (κ3) is 4.12. The van der Waals surface area contributed by atoms with E-state index in [9.17, 15) is 9.90 Å². The summed E-state index contributed by atoms with van der Waals surface area (Å²) in [5.74, 6) is 0.988. The van der Waals surface area contributed by atoms with Gasteiger partial charge in [0.2, 0.25) is 5.91 Å². The van der Waals surface area contributed by atoms with E-state index in [1.54, 1.807) is 0 Å². The first-order valence-corrected chi connectivity index (χ1v) is 8.77. The zero-order chi connectivity index (χ0) is 16.4. The van der Waals surface area contributed by atoms with Gasteiger partial charge in [0.05, 0.1) is 6.54 Å². The van der Waals surface area contributed by atoms with Gasteiger partial charge < -0.3 is 15.0 Å². The van der Waals surface area contributed by atoms with Gasteiger partial charge >= 0.3 is 0 Å². The van der Waals surface area contributed by atoms with E-state index in [1.807, 2.05) is 12.4 Å². The third-order valence-corrected chi connectivity index (χ3v) is 4.94. The van der Waals surface area contributed by atoms with E-state index < -0.39 is 6.10 Å². The molecule has 1 aromatic rings. The quantitative estimate of drug-likeness (QED) is 0.829. The minimum Gasteiger partial charge on any atom is -0.383 e. The molecule has 2 heterocycles. The van der Waals surface area contributed by atoms with Crippen LogP contribution in [0.25, 0.3) is 0 Å². The molecular formula is C17H28N4O2. The number of aliphatic hydroxyl groups excluding tert-OH is 1. The first-order chi connectivity index (χ1) is 11.0. The van der Waals surface area contributed by atoms with E-state index in [1.165, 1.54) is 0 Å². The van der Waals surface area contributed by atoms with Crippen molar-refractivity contribution in [3.8, 4) is 0 Å². The topological polar surface area (TPSA) is 70.4 Å². The maximum atomic E-state index is 12.0. The monoisotopic (exact) mass is 320 g/mol. The summed E-state index contributed by atoms with van der Waals surface area (Å²) < 4.78 is 2.20. The van der Waals surface area contributed by atoms with E-state index in [0.29, 0.717) is 12.1 Å². The molecule has 2 aliphatic rings. The van der Waals surface area contributed by atoms with E-state index in [4.69, 9.17) is 0 Å². The summed E-state index contributed by atoms with van der Waals surface area (Å²) in [6.45, 7) is 6.97. The number of carbonyl (C=O) groups excluding carboxylic acids is 1. The van der Waals surface area contributed by atoms with Gasteiger partial charge in [-0.05, 0) is 58.5 Å². The number of nitrogens with zero attached hydrogens (tertiary/aromatic N) is 3. The molecule has 1 aliphatic heterocycles. The number of hydrogen-bond acceptors (Lipinski definition) is 4. The number of piperidine rings is 1. The van der Waals surface area contributed by atoms with E-state index >= 15 is 0 Å². The molecule has 128 valence electrons. The minimum atomic E-state index is -0.851. The number of aliphatic hydroxyl groups is 1. The van der Waals surface area contributed by atoms with Crippen LogP contribution in [0.15, 0.2) is 12.4 Å². The smallest absolute Gasteiger partial charge is 0.249 e. The Morgan fingerprint density at radius 3 is 2.65 bits per heavy atom. The summed E-state index contributed by atoms with van der Waals surface area (Å²) in [6.07, 6.45) is 6.87. The van der Waals surface area contributed by atoms with Crippen LogP contribution < -0.4 is 5.32 Å². The molecule has 1 atom stereocenters. The Morgan fingerprint density at radius 2 is 2.04 bits per heavy atom. The van der Waals surface area contributed by atoms with Gasteiger partial charge in [0.15, 0.2) is 0 Å². The van der Waals surface area contributed by atoms with E-state index in [-0.39, 0.29) is 11.8 Å². The Morgan fingerprint density at radius 1 is 1.35 bits per heavy atom. The number of hydrogen-bond donors (Lipinski definition) is 2. The molecular weight excluding hydrogens is 292 g/mol. The minimum absolute atomic E-state index is 0.0786. The molecule has 3 rings (SSSR count). The highest BCUT2D eigenvalue weighted by molar-refractivity contribution is 5.81. The van der Waals surface area contributed by atoms with Crippen LogP contribution in [0, 0.1) is 5.92 Å². The molecule has 0 unspecified atom stereocenters. The molecule has 0 bridgehead atoms. The molecule has 0 spiro atoms. The SMILES string of the molecule is CC(C)n1ccnc1CN1CCC([C@H](O)C(=O)NC2CC2)CC1. The summed E-state index contributed by atoms with van der Waals surface area (Å²) in [5.41, 5.74) is 0. The first-order valence-electron chi connectivity index (χ1n) is 8.77. The fourth-order valence-electron chi connectivity index (χ4n) is 3.29. The molecule has 0 aromatic carbocycles. The van der Waals surface area contributed by atoms with Gasteiger partial charge in [-0.1, -0.05) is 0 Å². The van der Waals surface area contributed by atoms with E-state index in [0.717, 1.165) is 51.1 Å². The lowest BCUT2D eigenvalue weighted by Gasteiger charge is -2.33. The van der Waals surface area contributed by atoms with Crippen LogP contribution in [-0.4, -0.2) is 50.7 Å². The molecule has 1 amide bonds. The predicted octanol–water partition coefficient (Wildman–Crippen LogP) is 1.32. The van der Waals surface area contributed by atoms with Crippen molar-refractivity contribution in [1.82, 2.24) is 19.8 Å². The van der Waals surface area contributed by atoms with Crippen molar-refractivity contribution in [1.29, 1.82) is 0 Å². The Kier molecular flexibility index (Phi) is 5.02. The van der Waals surface area contributed by atoms with Crippen molar-refractivity contribution in [3.05, 3.63) is 18.2 Å². The number of amides is 1. The zero-order valence-corrected chi connectivity index (χ0v) is 14.1. The lowest BCUT2D eigenvalue weighted by molar-refractivity contribution is -0.133. The molecule has 1 aromatic heterocycles. The summed E-state index contributed by atoms with van der Waals surface area (Å²) in [5, 5.41) is 13.1. The van der Waals surface area contributed by atoms with E-state index in [2.05, 4.69) is 33.6 Å². The molecule has 1 saturated heterocycles. The van der Waals surface area contributed by atoms with Gasteiger partial charge in [-0.3, -0.25) is 9.69 Å². The summed E-state index contributed by atoms with van der Waals surface area (Å²) in [4.78, 5) is 18.8. The molecule has 1 saturated carbocycles. The van der Waals surface area contributed by atoms with Crippen LogP contribution in [0.2, 0.25) is 0 Å². The van der Waals surface area contributed by atoms with Gasteiger partial charge in [-0.2, -0.15) is 0 Å². The summed E-state index contributed by atoms with van der Waals surface area (Å²) in [6, 6.07) is 0.727. The van der Waals surface area contributed by atoms with Crippen LogP contribution in [0.1, 0.15) is 51.4 Å². The molecule has 23 heavy (non-hydrogen) atoms. The number of likely N-dealkylation sites (tertiary alicyclic amines) is 1. The van der Waals surface area contributed by atoms with Gasteiger partial charge in [-0.25, -0.2) is 4.98 Å².